The number of nitriles is 1. The van der Waals surface area contributed by atoms with E-state index in [1.54, 1.807) is 13.0 Å². The molecule has 118 valence electrons. The Bertz CT molecular complexity index is 794. The summed E-state index contributed by atoms with van der Waals surface area (Å²) in [6.07, 6.45) is 2.35. The van der Waals surface area contributed by atoms with Gasteiger partial charge in [0.25, 0.3) is 5.91 Å². The number of fused-ring (bicyclic) bond motifs is 1. The Labute approximate surface area is 147 Å². The highest BCUT2D eigenvalue weighted by Gasteiger charge is 2.25. The van der Waals surface area contributed by atoms with Crippen molar-refractivity contribution in [2.75, 3.05) is 5.32 Å². The molecule has 6 heteroatoms. The molecule has 0 fully saturated rings. The topological polar surface area (TPSA) is 62.1 Å². The number of benzene rings is 1. The molecule has 3 rings (SSSR count). The van der Waals surface area contributed by atoms with Crippen LogP contribution in [0.3, 0.4) is 0 Å². The van der Waals surface area contributed by atoms with Gasteiger partial charge in [-0.25, -0.2) is 0 Å². The predicted octanol–water partition coefficient (Wildman–Crippen LogP) is 4.28. The Morgan fingerprint density at radius 2 is 2.22 bits per heavy atom. The molecule has 1 unspecified atom stereocenters. The first kappa shape index (κ1) is 16.0. The number of hydrogen-bond acceptors (Lipinski definition) is 4. The van der Waals surface area contributed by atoms with E-state index in [1.807, 2.05) is 18.2 Å². The van der Waals surface area contributed by atoms with Gasteiger partial charge in [-0.3, -0.25) is 4.79 Å². The molecule has 1 aromatic heterocycles. The van der Waals surface area contributed by atoms with Gasteiger partial charge in [-0.05, 0) is 59.8 Å². The maximum atomic E-state index is 12.4. The van der Waals surface area contributed by atoms with Gasteiger partial charge in [-0.2, -0.15) is 5.26 Å². The van der Waals surface area contributed by atoms with E-state index < -0.39 is 6.10 Å². The molecule has 0 aliphatic heterocycles. The fourth-order valence-corrected chi connectivity index (χ4v) is 4.23. The second-order valence-electron chi connectivity index (χ2n) is 5.35. The van der Waals surface area contributed by atoms with E-state index in [2.05, 4.69) is 27.3 Å². The average molecular weight is 391 g/mol. The first-order chi connectivity index (χ1) is 11.1. The van der Waals surface area contributed by atoms with Gasteiger partial charge in [0.05, 0.1) is 10.0 Å². The van der Waals surface area contributed by atoms with Crippen molar-refractivity contribution < 1.29 is 9.53 Å². The van der Waals surface area contributed by atoms with Crippen LogP contribution in [0.4, 0.5) is 5.00 Å². The Hall–Kier alpha value is -1.84. The second-order valence-corrected chi connectivity index (χ2v) is 7.31. The van der Waals surface area contributed by atoms with Crippen molar-refractivity contribution in [1.29, 1.82) is 5.26 Å². The molecule has 2 aromatic rings. The molecular formula is C17H15BrN2O2S. The normalized spacial score (nSPS) is 14.0. The van der Waals surface area contributed by atoms with E-state index in [9.17, 15) is 10.1 Å². The molecule has 0 spiro atoms. The molecule has 0 saturated heterocycles. The molecule has 0 saturated carbocycles. The average Bonchev–Trinajstić information content (AvgIpc) is 3.09. The summed E-state index contributed by atoms with van der Waals surface area (Å²) in [7, 11) is 0. The largest absolute Gasteiger partial charge is 0.480 e. The van der Waals surface area contributed by atoms with Gasteiger partial charge in [-0.1, -0.05) is 12.1 Å². The summed E-state index contributed by atoms with van der Waals surface area (Å²) in [5.41, 5.74) is 1.72. The summed E-state index contributed by atoms with van der Waals surface area (Å²) in [5.74, 6) is 0.363. The summed E-state index contributed by atoms with van der Waals surface area (Å²) < 4.78 is 6.49. The summed E-state index contributed by atoms with van der Waals surface area (Å²) >= 11 is 4.90. The predicted molar refractivity (Wildman–Crippen MR) is 93.9 cm³/mol. The van der Waals surface area contributed by atoms with Crippen molar-refractivity contribution in [3.8, 4) is 11.8 Å². The number of anilines is 1. The Morgan fingerprint density at radius 3 is 2.96 bits per heavy atom. The first-order valence-corrected chi connectivity index (χ1v) is 8.97. The number of amides is 1. The van der Waals surface area contributed by atoms with Crippen LogP contribution in [-0.4, -0.2) is 12.0 Å². The maximum absolute atomic E-state index is 12.4. The lowest BCUT2D eigenvalue weighted by Crippen LogP contribution is -2.30. The SMILES string of the molecule is CC(Oc1ccccc1Br)C(=O)Nc1sc2c(c1C#N)CCC2. The second kappa shape index (κ2) is 6.73. The zero-order chi connectivity index (χ0) is 16.4. The number of nitrogens with one attached hydrogen (secondary N) is 1. The number of nitrogens with zero attached hydrogens (tertiary/aromatic N) is 1. The molecule has 1 aliphatic rings. The van der Waals surface area contributed by atoms with Crippen LogP contribution in [0.2, 0.25) is 0 Å². The van der Waals surface area contributed by atoms with Crippen molar-refractivity contribution in [3.63, 3.8) is 0 Å². The number of rotatable bonds is 4. The maximum Gasteiger partial charge on any atom is 0.265 e. The van der Waals surface area contributed by atoms with Gasteiger partial charge in [0.15, 0.2) is 6.10 Å². The monoisotopic (exact) mass is 390 g/mol. The van der Waals surface area contributed by atoms with Gasteiger partial charge in [-0.15, -0.1) is 11.3 Å². The van der Waals surface area contributed by atoms with E-state index in [4.69, 9.17) is 4.74 Å². The quantitative estimate of drug-likeness (QED) is 0.847. The molecule has 4 nitrogen and oxygen atoms in total. The number of carbonyl (C=O) groups excluding carboxylic acids is 1. The first-order valence-electron chi connectivity index (χ1n) is 7.37. The van der Waals surface area contributed by atoms with E-state index in [-0.39, 0.29) is 5.91 Å². The molecular weight excluding hydrogens is 376 g/mol. The Balaban J connectivity index is 1.72. The third-order valence-electron chi connectivity index (χ3n) is 3.78. The van der Waals surface area contributed by atoms with Crippen LogP contribution in [-0.2, 0) is 17.6 Å². The number of aryl methyl sites for hydroxylation is 1. The van der Waals surface area contributed by atoms with Gasteiger partial charge in [0.1, 0.15) is 16.8 Å². The van der Waals surface area contributed by atoms with E-state index >= 15 is 0 Å². The Morgan fingerprint density at radius 1 is 1.43 bits per heavy atom. The van der Waals surface area contributed by atoms with Crippen LogP contribution in [0.1, 0.15) is 29.3 Å². The van der Waals surface area contributed by atoms with Crippen LogP contribution >= 0.6 is 27.3 Å². The lowest BCUT2D eigenvalue weighted by Gasteiger charge is -2.15. The van der Waals surface area contributed by atoms with Crippen LogP contribution in [0.5, 0.6) is 5.75 Å². The smallest absolute Gasteiger partial charge is 0.265 e. The van der Waals surface area contributed by atoms with Crippen LogP contribution in [0.15, 0.2) is 28.7 Å². The minimum absolute atomic E-state index is 0.253. The van der Waals surface area contributed by atoms with E-state index in [1.165, 1.54) is 16.2 Å². The highest BCUT2D eigenvalue weighted by molar-refractivity contribution is 9.10. The van der Waals surface area contributed by atoms with Crippen molar-refractivity contribution in [1.82, 2.24) is 0 Å². The number of ether oxygens (including phenoxy) is 1. The summed E-state index contributed by atoms with van der Waals surface area (Å²) in [4.78, 5) is 13.6. The van der Waals surface area contributed by atoms with E-state index in [0.29, 0.717) is 16.3 Å². The number of halogens is 1. The molecule has 1 amide bonds. The molecule has 1 heterocycles. The van der Waals surface area contributed by atoms with Gasteiger partial charge in [0.2, 0.25) is 0 Å². The third kappa shape index (κ3) is 3.26. The van der Waals surface area contributed by atoms with Crippen molar-refractivity contribution in [2.24, 2.45) is 0 Å². The van der Waals surface area contributed by atoms with Crippen LogP contribution in [0, 0.1) is 11.3 Å². The summed E-state index contributed by atoms with van der Waals surface area (Å²) in [6, 6.07) is 9.62. The lowest BCUT2D eigenvalue weighted by molar-refractivity contribution is -0.122. The highest BCUT2D eigenvalue weighted by Crippen LogP contribution is 2.38. The summed E-state index contributed by atoms with van der Waals surface area (Å²) in [6.45, 7) is 1.70. The third-order valence-corrected chi connectivity index (χ3v) is 5.64. The molecule has 0 radical (unpaired) electrons. The van der Waals surface area contributed by atoms with Crippen molar-refractivity contribution in [2.45, 2.75) is 32.3 Å². The van der Waals surface area contributed by atoms with E-state index in [0.717, 1.165) is 29.3 Å². The number of para-hydroxylation sites is 1. The number of hydrogen-bond donors (Lipinski definition) is 1. The van der Waals surface area contributed by atoms with Crippen molar-refractivity contribution in [3.05, 3.63) is 44.7 Å². The minimum atomic E-state index is -0.655. The minimum Gasteiger partial charge on any atom is -0.480 e. The number of thiophene rings is 1. The zero-order valence-electron chi connectivity index (χ0n) is 12.6. The zero-order valence-corrected chi connectivity index (χ0v) is 15.0. The molecule has 1 atom stereocenters. The standard InChI is InChI=1S/C17H15BrN2O2S/c1-10(22-14-7-3-2-6-13(14)18)16(21)20-17-12(9-19)11-5-4-8-15(11)23-17/h2-3,6-7,10H,4-5,8H2,1H3,(H,20,21). The van der Waals surface area contributed by atoms with Crippen LogP contribution < -0.4 is 10.1 Å². The van der Waals surface area contributed by atoms with Crippen LogP contribution in [0.25, 0.3) is 0 Å². The molecule has 23 heavy (non-hydrogen) atoms. The molecule has 0 bridgehead atoms. The van der Waals surface area contributed by atoms with Crippen molar-refractivity contribution >= 4 is 38.2 Å². The summed E-state index contributed by atoms with van der Waals surface area (Å²) in [5, 5.41) is 12.9. The number of carbonyl (C=O) groups is 1. The molecule has 1 aliphatic carbocycles. The van der Waals surface area contributed by atoms with Gasteiger partial charge >= 0.3 is 0 Å². The molecule has 1 aromatic carbocycles. The molecule has 1 N–H and O–H groups in total. The highest BCUT2D eigenvalue weighted by atomic mass is 79.9. The Kier molecular flexibility index (Phi) is 4.69. The lowest BCUT2D eigenvalue weighted by atomic mass is 10.1. The fourth-order valence-electron chi connectivity index (χ4n) is 2.61. The van der Waals surface area contributed by atoms with Gasteiger partial charge < -0.3 is 10.1 Å². The fraction of sp³-hybridized carbons (Fsp3) is 0.294. The van der Waals surface area contributed by atoms with Gasteiger partial charge in [0, 0.05) is 4.88 Å².